The molecule has 0 fully saturated rings. The summed E-state index contributed by atoms with van der Waals surface area (Å²) in [5, 5.41) is 3.70. The van der Waals surface area contributed by atoms with Crippen LogP contribution in [0.3, 0.4) is 0 Å². The molecule has 220 valence electrons. The van der Waals surface area contributed by atoms with Gasteiger partial charge in [-0.25, -0.2) is 9.97 Å². The molecule has 5 aromatic heterocycles. The first kappa shape index (κ1) is 27.3. The molecule has 0 radical (unpaired) electrons. The van der Waals surface area contributed by atoms with E-state index in [9.17, 15) is 0 Å². The highest BCUT2D eigenvalue weighted by Gasteiger charge is 2.17. The minimum absolute atomic E-state index is 0.812. The maximum atomic E-state index is 5.24. The summed E-state index contributed by atoms with van der Waals surface area (Å²) in [5.74, 6) is 0. The van der Waals surface area contributed by atoms with Crippen molar-refractivity contribution in [3.8, 4) is 56.3 Å². The van der Waals surface area contributed by atoms with Gasteiger partial charge in [-0.1, -0.05) is 84.9 Å². The lowest BCUT2D eigenvalue weighted by Gasteiger charge is -2.12. The van der Waals surface area contributed by atoms with Crippen LogP contribution in [0, 0.1) is 0 Å². The molecule has 5 heterocycles. The molecule has 0 amide bonds. The Labute approximate surface area is 275 Å². The zero-order valence-electron chi connectivity index (χ0n) is 25.2. The minimum Gasteiger partial charge on any atom is -0.255 e. The van der Waals surface area contributed by atoms with Crippen LogP contribution < -0.4 is 0 Å². The lowest BCUT2D eigenvalue weighted by Crippen LogP contribution is -1.94. The van der Waals surface area contributed by atoms with Gasteiger partial charge in [0.2, 0.25) is 0 Å². The standard InChI is InChI=1S/C42H26N4S/c1-2-11-27(12-3-1)41-42-40(32-15-4-5-18-39(32)47-42)33-24-30(19-20-34(33)46-41)28-13-10-14-29(23-28)31-25-37(35-16-6-8-21-43-35)45-38(26-31)36-17-7-9-22-44-36/h1-26H. The van der Waals surface area contributed by atoms with Gasteiger partial charge in [-0.2, -0.15) is 0 Å². The number of pyridine rings is 4. The van der Waals surface area contributed by atoms with Crippen LogP contribution in [0.2, 0.25) is 0 Å². The number of benzene rings is 4. The fourth-order valence-corrected chi connectivity index (χ4v) is 7.55. The van der Waals surface area contributed by atoms with E-state index in [2.05, 4.69) is 119 Å². The highest BCUT2D eigenvalue weighted by atomic mass is 32.1. The topological polar surface area (TPSA) is 51.6 Å². The molecular weight excluding hydrogens is 593 g/mol. The Kier molecular flexibility index (Phi) is 6.61. The van der Waals surface area contributed by atoms with Crippen molar-refractivity contribution in [2.24, 2.45) is 0 Å². The highest BCUT2D eigenvalue weighted by Crippen LogP contribution is 2.43. The van der Waals surface area contributed by atoms with Crippen LogP contribution in [0.15, 0.2) is 158 Å². The molecule has 0 aliphatic carbocycles. The molecule has 0 aliphatic heterocycles. The summed E-state index contributed by atoms with van der Waals surface area (Å²) in [6.45, 7) is 0. The third-order valence-corrected chi connectivity index (χ3v) is 9.74. The van der Waals surface area contributed by atoms with Crippen molar-refractivity contribution in [2.45, 2.75) is 0 Å². The van der Waals surface area contributed by atoms with Gasteiger partial charge in [0.25, 0.3) is 0 Å². The monoisotopic (exact) mass is 618 g/mol. The third-order valence-electron chi connectivity index (χ3n) is 8.57. The summed E-state index contributed by atoms with van der Waals surface area (Å²) >= 11 is 1.82. The smallest absolute Gasteiger partial charge is 0.0900 e. The molecule has 0 saturated heterocycles. The van der Waals surface area contributed by atoms with Gasteiger partial charge in [-0.05, 0) is 82.9 Å². The van der Waals surface area contributed by atoms with Gasteiger partial charge in [-0.15, -0.1) is 11.3 Å². The van der Waals surface area contributed by atoms with Crippen LogP contribution >= 0.6 is 11.3 Å². The molecule has 0 spiro atoms. The van der Waals surface area contributed by atoms with Gasteiger partial charge in [0.1, 0.15) is 0 Å². The predicted molar refractivity (Wildman–Crippen MR) is 195 cm³/mol. The highest BCUT2D eigenvalue weighted by molar-refractivity contribution is 7.26. The van der Waals surface area contributed by atoms with E-state index in [1.54, 1.807) is 12.4 Å². The maximum Gasteiger partial charge on any atom is 0.0900 e. The van der Waals surface area contributed by atoms with Crippen molar-refractivity contribution >= 4 is 42.4 Å². The number of hydrogen-bond acceptors (Lipinski definition) is 5. The van der Waals surface area contributed by atoms with Gasteiger partial charge in [0.15, 0.2) is 0 Å². The molecule has 0 saturated carbocycles. The Morgan fingerprint density at radius 3 is 1.77 bits per heavy atom. The Balaban J connectivity index is 1.21. The van der Waals surface area contributed by atoms with E-state index in [0.717, 1.165) is 61.8 Å². The molecule has 9 rings (SSSR count). The van der Waals surface area contributed by atoms with E-state index >= 15 is 0 Å². The van der Waals surface area contributed by atoms with Gasteiger partial charge >= 0.3 is 0 Å². The largest absolute Gasteiger partial charge is 0.255 e. The molecule has 9 aromatic rings. The minimum atomic E-state index is 0.812. The summed E-state index contributed by atoms with van der Waals surface area (Å²) in [4.78, 5) is 19.4. The fourth-order valence-electron chi connectivity index (χ4n) is 6.32. The van der Waals surface area contributed by atoms with E-state index in [-0.39, 0.29) is 0 Å². The molecule has 5 heteroatoms. The van der Waals surface area contributed by atoms with Crippen molar-refractivity contribution in [1.82, 2.24) is 19.9 Å². The molecule has 47 heavy (non-hydrogen) atoms. The molecule has 0 atom stereocenters. The van der Waals surface area contributed by atoms with Gasteiger partial charge < -0.3 is 0 Å². The first-order valence-electron chi connectivity index (χ1n) is 15.5. The van der Waals surface area contributed by atoms with Crippen molar-refractivity contribution in [3.63, 3.8) is 0 Å². The first-order valence-corrected chi connectivity index (χ1v) is 16.4. The molecule has 0 unspecified atom stereocenters. The normalized spacial score (nSPS) is 11.4. The van der Waals surface area contributed by atoms with E-state index in [1.165, 1.54) is 25.6 Å². The van der Waals surface area contributed by atoms with Gasteiger partial charge in [0, 0.05) is 38.8 Å². The van der Waals surface area contributed by atoms with E-state index in [0.29, 0.717) is 0 Å². The van der Waals surface area contributed by atoms with E-state index in [1.807, 2.05) is 47.7 Å². The van der Waals surface area contributed by atoms with Crippen LogP contribution in [0.1, 0.15) is 0 Å². The molecule has 0 aliphatic rings. The second kappa shape index (κ2) is 11.4. The number of aromatic nitrogens is 4. The first-order chi connectivity index (χ1) is 23.3. The van der Waals surface area contributed by atoms with Gasteiger partial charge in [-0.3, -0.25) is 9.97 Å². The third kappa shape index (κ3) is 4.94. The van der Waals surface area contributed by atoms with Crippen molar-refractivity contribution in [2.75, 3.05) is 0 Å². The number of fused-ring (bicyclic) bond motifs is 5. The quantitative estimate of drug-likeness (QED) is 0.193. The number of hydrogen-bond donors (Lipinski definition) is 0. The number of rotatable bonds is 5. The lowest BCUT2D eigenvalue weighted by molar-refractivity contribution is 1.22. The van der Waals surface area contributed by atoms with Crippen molar-refractivity contribution in [3.05, 3.63) is 158 Å². The zero-order valence-corrected chi connectivity index (χ0v) is 26.0. The molecular formula is C42H26N4S. The summed E-state index contributed by atoms with van der Waals surface area (Å²) in [6, 6.07) is 50.6. The maximum absolute atomic E-state index is 5.24. The summed E-state index contributed by atoms with van der Waals surface area (Å²) in [5.41, 5.74) is 10.9. The second-order valence-electron chi connectivity index (χ2n) is 11.5. The summed E-state index contributed by atoms with van der Waals surface area (Å²) in [6.07, 6.45) is 3.60. The van der Waals surface area contributed by atoms with Crippen LogP contribution in [-0.2, 0) is 0 Å². The SMILES string of the molecule is c1ccc(-c2nc3ccc(-c4cccc(-c5cc(-c6ccccn6)nc(-c6ccccn6)c5)c4)cc3c3c2sc2ccccc23)cc1. The van der Waals surface area contributed by atoms with E-state index in [4.69, 9.17) is 9.97 Å². The van der Waals surface area contributed by atoms with E-state index < -0.39 is 0 Å². The summed E-state index contributed by atoms with van der Waals surface area (Å²) < 4.78 is 2.49. The number of nitrogens with zero attached hydrogens (tertiary/aromatic N) is 4. The van der Waals surface area contributed by atoms with Gasteiger partial charge in [0.05, 0.1) is 38.7 Å². The molecule has 4 nitrogen and oxygen atoms in total. The average molecular weight is 619 g/mol. The van der Waals surface area contributed by atoms with Crippen LogP contribution in [0.5, 0.6) is 0 Å². The Bertz CT molecular complexity index is 2500. The van der Waals surface area contributed by atoms with Crippen molar-refractivity contribution in [1.29, 1.82) is 0 Å². The predicted octanol–water partition coefficient (Wildman–Crippen LogP) is 11.1. The van der Waals surface area contributed by atoms with Crippen LogP contribution in [-0.4, -0.2) is 19.9 Å². The average Bonchev–Trinajstić information content (AvgIpc) is 3.55. The summed E-state index contributed by atoms with van der Waals surface area (Å²) in [7, 11) is 0. The zero-order chi connectivity index (χ0) is 31.2. The Hall–Kier alpha value is -6.04. The van der Waals surface area contributed by atoms with Crippen LogP contribution in [0.25, 0.3) is 87.4 Å². The molecule has 4 aromatic carbocycles. The Morgan fingerprint density at radius 2 is 1.04 bits per heavy atom. The van der Waals surface area contributed by atoms with Crippen LogP contribution in [0.4, 0.5) is 0 Å². The fraction of sp³-hybridized carbons (Fsp3) is 0. The Morgan fingerprint density at radius 1 is 0.404 bits per heavy atom. The van der Waals surface area contributed by atoms with Crippen molar-refractivity contribution < 1.29 is 0 Å². The lowest BCUT2D eigenvalue weighted by atomic mass is 9.96. The number of thiophene rings is 1. The molecule has 0 N–H and O–H groups in total. The molecule has 0 bridgehead atoms. The second-order valence-corrected chi connectivity index (χ2v) is 12.5.